The Morgan fingerprint density at radius 1 is 1.14 bits per heavy atom. The third-order valence-corrected chi connectivity index (χ3v) is 5.02. The molecule has 4 nitrogen and oxygen atoms in total. The lowest BCUT2D eigenvalue weighted by atomic mass is 9.97. The van der Waals surface area contributed by atoms with Crippen LogP contribution in [0.25, 0.3) is 0 Å². The molecule has 0 fully saturated rings. The first-order valence-electron chi connectivity index (χ1n) is 6.98. The van der Waals surface area contributed by atoms with Gasteiger partial charge in [0, 0.05) is 4.88 Å². The quantitative estimate of drug-likeness (QED) is 0.906. The lowest BCUT2D eigenvalue weighted by Gasteiger charge is -2.17. The maximum absolute atomic E-state index is 12.3. The van der Waals surface area contributed by atoms with Crippen LogP contribution in [0.5, 0.6) is 0 Å². The van der Waals surface area contributed by atoms with E-state index in [2.05, 4.69) is 5.32 Å². The summed E-state index contributed by atoms with van der Waals surface area (Å²) in [6, 6.07) is 6.21. The molecular weight excluding hydrogens is 298 g/mol. The summed E-state index contributed by atoms with van der Waals surface area (Å²) in [7, 11) is 0. The van der Waals surface area contributed by atoms with E-state index in [-0.39, 0.29) is 5.91 Å². The van der Waals surface area contributed by atoms with Gasteiger partial charge in [0.1, 0.15) is 0 Å². The molecule has 116 valence electrons. The van der Waals surface area contributed by atoms with Crippen LogP contribution < -0.4 is 5.32 Å². The lowest BCUT2D eigenvalue weighted by Crippen LogP contribution is -2.33. The Morgan fingerprint density at radius 2 is 1.82 bits per heavy atom. The van der Waals surface area contributed by atoms with Crippen LogP contribution in [0.1, 0.15) is 42.8 Å². The SMILES string of the molecule is Cc1cc(C(=O)NC(C(=O)O)c2cccc(C)c2C)sc1C. The predicted molar refractivity (Wildman–Crippen MR) is 87.6 cm³/mol. The number of rotatable bonds is 4. The molecule has 2 N–H and O–H groups in total. The van der Waals surface area contributed by atoms with Crippen molar-refractivity contribution in [1.82, 2.24) is 5.32 Å². The fourth-order valence-corrected chi connectivity index (χ4v) is 3.18. The van der Waals surface area contributed by atoms with E-state index < -0.39 is 12.0 Å². The number of thiophene rings is 1. The normalized spacial score (nSPS) is 12.0. The molecule has 1 heterocycles. The van der Waals surface area contributed by atoms with Gasteiger partial charge in [0.25, 0.3) is 5.91 Å². The third kappa shape index (κ3) is 3.20. The minimum absolute atomic E-state index is 0.352. The fraction of sp³-hybridized carbons (Fsp3) is 0.294. The molecule has 0 spiro atoms. The molecule has 1 aromatic heterocycles. The Bertz CT molecular complexity index is 714. The number of amides is 1. The van der Waals surface area contributed by atoms with E-state index in [4.69, 9.17) is 0 Å². The van der Waals surface area contributed by atoms with Crippen molar-refractivity contribution in [1.29, 1.82) is 0 Å². The van der Waals surface area contributed by atoms with E-state index in [0.717, 1.165) is 21.6 Å². The first kappa shape index (κ1) is 16.2. The summed E-state index contributed by atoms with van der Waals surface area (Å²) < 4.78 is 0. The molecule has 0 radical (unpaired) electrons. The van der Waals surface area contributed by atoms with Gasteiger partial charge in [-0.3, -0.25) is 4.79 Å². The predicted octanol–water partition coefficient (Wildman–Crippen LogP) is 3.54. The van der Waals surface area contributed by atoms with E-state index in [9.17, 15) is 14.7 Å². The highest BCUT2D eigenvalue weighted by Crippen LogP contribution is 2.24. The zero-order valence-electron chi connectivity index (χ0n) is 13.1. The van der Waals surface area contributed by atoms with Crippen molar-refractivity contribution < 1.29 is 14.7 Å². The van der Waals surface area contributed by atoms with Crippen molar-refractivity contribution >= 4 is 23.2 Å². The van der Waals surface area contributed by atoms with Gasteiger partial charge >= 0.3 is 5.97 Å². The van der Waals surface area contributed by atoms with Crippen LogP contribution in [0.15, 0.2) is 24.3 Å². The fourth-order valence-electron chi connectivity index (χ4n) is 2.25. The van der Waals surface area contributed by atoms with Crippen molar-refractivity contribution in [3.63, 3.8) is 0 Å². The van der Waals surface area contributed by atoms with E-state index in [1.165, 1.54) is 11.3 Å². The molecule has 0 aliphatic heterocycles. The van der Waals surface area contributed by atoms with Gasteiger partial charge < -0.3 is 10.4 Å². The smallest absolute Gasteiger partial charge is 0.330 e. The van der Waals surface area contributed by atoms with Crippen molar-refractivity contribution in [3.05, 3.63) is 56.3 Å². The molecule has 1 unspecified atom stereocenters. The average Bonchev–Trinajstić information content (AvgIpc) is 2.79. The topological polar surface area (TPSA) is 66.4 Å². The first-order valence-corrected chi connectivity index (χ1v) is 7.79. The molecule has 0 aliphatic carbocycles. The number of benzene rings is 1. The second-order valence-electron chi connectivity index (χ2n) is 5.38. The number of carboxylic acids is 1. The summed E-state index contributed by atoms with van der Waals surface area (Å²) in [6.45, 7) is 7.66. The van der Waals surface area contributed by atoms with Gasteiger partial charge in [-0.2, -0.15) is 0 Å². The zero-order valence-corrected chi connectivity index (χ0v) is 13.9. The minimum atomic E-state index is -1.06. The number of hydrogen-bond donors (Lipinski definition) is 2. The van der Waals surface area contributed by atoms with Gasteiger partial charge in [-0.05, 0) is 56.0 Å². The Kier molecular flexibility index (Phi) is 4.66. The average molecular weight is 317 g/mol. The Balaban J connectivity index is 2.31. The van der Waals surface area contributed by atoms with E-state index in [0.29, 0.717) is 10.4 Å². The van der Waals surface area contributed by atoms with Gasteiger partial charge in [0.05, 0.1) is 4.88 Å². The highest BCUT2D eigenvalue weighted by atomic mass is 32.1. The van der Waals surface area contributed by atoms with Crippen LogP contribution in [-0.2, 0) is 4.79 Å². The van der Waals surface area contributed by atoms with Crippen molar-refractivity contribution in [3.8, 4) is 0 Å². The second-order valence-corrected chi connectivity index (χ2v) is 6.64. The summed E-state index contributed by atoms with van der Waals surface area (Å²) in [6.07, 6.45) is 0. The van der Waals surface area contributed by atoms with Crippen LogP contribution in [0.2, 0.25) is 0 Å². The Morgan fingerprint density at radius 3 is 2.36 bits per heavy atom. The van der Waals surface area contributed by atoms with Crippen LogP contribution >= 0.6 is 11.3 Å². The molecule has 0 bridgehead atoms. The molecule has 1 aromatic carbocycles. The number of aryl methyl sites for hydroxylation is 3. The maximum Gasteiger partial charge on any atom is 0.330 e. The zero-order chi connectivity index (χ0) is 16.4. The Labute approximate surface area is 133 Å². The summed E-state index contributed by atoms with van der Waals surface area (Å²) in [5.41, 5.74) is 3.54. The molecule has 1 amide bonds. The van der Waals surface area contributed by atoms with Crippen LogP contribution in [0.3, 0.4) is 0 Å². The standard InChI is InChI=1S/C17H19NO3S/c1-9-6-5-7-13(11(9)3)15(17(20)21)18-16(19)14-8-10(2)12(4)22-14/h5-8,15H,1-4H3,(H,18,19)(H,20,21). The molecule has 0 saturated heterocycles. The van der Waals surface area contributed by atoms with Crippen LogP contribution in [0.4, 0.5) is 0 Å². The van der Waals surface area contributed by atoms with Gasteiger partial charge in [-0.25, -0.2) is 4.79 Å². The number of hydrogen-bond acceptors (Lipinski definition) is 3. The second kappa shape index (κ2) is 6.32. The summed E-state index contributed by atoms with van der Waals surface area (Å²) in [4.78, 5) is 25.5. The van der Waals surface area contributed by atoms with Crippen molar-refractivity contribution in [2.24, 2.45) is 0 Å². The van der Waals surface area contributed by atoms with E-state index >= 15 is 0 Å². The third-order valence-electron chi connectivity index (χ3n) is 3.87. The molecule has 22 heavy (non-hydrogen) atoms. The molecule has 2 rings (SSSR count). The highest BCUT2D eigenvalue weighted by Gasteiger charge is 2.25. The van der Waals surface area contributed by atoms with E-state index in [1.54, 1.807) is 18.2 Å². The van der Waals surface area contributed by atoms with Gasteiger partial charge in [-0.15, -0.1) is 11.3 Å². The number of nitrogens with one attached hydrogen (secondary N) is 1. The van der Waals surface area contributed by atoms with Gasteiger partial charge in [0.15, 0.2) is 6.04 Å². The molecule has 1 atom stereocenters. The number of carbonyl (C=O) groups is 2. The first-order chi connectivity index (χ1) is 10.3. The Hall–Kier alpha value is -2.14. The highest BCUT2D eigenvalue weighted by molar-refractivity contribution is 7.14. The van der Waals surface area contributed by atoms with Crippen LogP contribution in [-0.4, -0.2) is 17.0 Å². The molecular formula is C17H19NO3S. The number of aliphatic carboxylic acids is 1. The van der Waals surface area contributed by atoms with Crippen molar-refractivity contribution in [2.45, 2.75) is 33.7 Å². The number of carboxylic acid groups (broad SMARTS) is 1. The van der Waals surface area contributed by atoms with Crippen molar-refractivity contribution in [2.75, 3.05) is 0 Å². The number of carbonyl (C=O) groups excluding carboxylic acids is 1. The van der Waals surface area contributed by atoms with E-state index in [1.807, 2.05) is 33.8 Å². The molecule has 2 aromatic rings. The minimum Gasteiger partial charge on any atom is -0.479 e. The van der Waals surface area contributed by atoms with Gasteiger partial charge in [-0.1, -0.05) is 18.2 Å². The molecule has 0 aliphatic rings. The monoisotopic (exact) mass is 317 g/mol. The maximum atomic E-state index is 12.3. The lowest BCUT2D eigenvalue weighted by molar-refractivity contribution is -0.139. The molecule has 5 heteroatoms. The summed E-state index contributed by atoms with van der Waals surface area (Å²) >= 11 is 1.37. The van der Waals surface area contributed by atoms with Gasteiger partial charge in [0.2, 0.25) is 0 Å². The van der Waals surface area contributed by atoms with Crippen LogP contribution in [0, 0.1) is 27.7 Å². The summed E-state index contributed by atoms with van der Waals surface area (Å²) in [5, 5.41) is 12.1. The largest absolute Gasteiger partial charge is 0.479 e. The molecule has 0 saturated carbocycles. The summed E-state index contributed by atoms with van der Waals surface area (Å²) in [5.74, 6) is -1.42.